The molecule has 5 nitrogen and oxygen atoms in total. The Hall–Kier alpha value is -2.25. The summed E-state index contributed by atoms with van der Waals surface area (Å²) in [6.07, 6.45) is -0.887. The van der Waals surface area contributed by atoms with Crippen molar-refractivity contribution in [3.63, 3.8) is 0 Å². The lowest BCUT2D eigenvalue weighted by Crippen LogP contribution is -2.35. The molecule has 0 bridgehead atoms. The van der Waals surface area contributed by atoms with Crippen LogP contribution in [0.1, 0.15) is 18.1 Å². The number of carbonyl (C=O) groups is 2. The molecule has 3 rings (SSSR count). The molecule has 2 aromatic carbocycles. The monoisotopic (exact) mass is 420 g/mol. The summed E-state index contributed by atoms with van der Waals surface area (Å²) in [7, 11) is 0. The first kappa shape index (κ1) is 18.5. The standard InChI is InChI=1S/C19H18BrFN2O3/c20-14-4-2-6-16(9-14)23-11-13(8-18(23)25)19(26)22-10-17(24)12-3-1-5-15(21)7-12/h1-7,9,13,17,24H,8,10-11H2,(H,22,26). The first-order chi connectivity index (χ1) is 12.4. The normalized spacial score (nSPS) is 18.0. The molecule has 1 saturated heterocycles. The van der Waals surface area contributed by atoms with Gasteiger partial charge in [-0.25, -0.2) is 4.39 Å². The number of nitrogens with zero attached hydrogens (tertiary/aromatic N) is 1. The second-order valence-corrected chi connectivity index (χ2v) is 7.12. The average molecular weight is 421 g/mol. The molecule has 0 saturated carbocycles. The van der Waals surface area contributed by atoms with Crippen LogP contribution in [-0.4, -0.2) is 30.0 Å². The Kier molecular flexibility index (Phi) is 5.68. The first-order valence-electron chi connectivity index (χ1n) is 8.21. The van der Waals surface area contributed by atoms with Crippen LogP contribution < -0.4 is 10.2 Å². The number of amides is 2. The van der Waals surface area contributed by atoms with Crippen molar-refractivity contribution in [2.24, 2.45) is 5.92 Å². The third kappa shape index (κ3) is 4.28. The molecule has 2 amide bonds. The quantitative estimate of drug-likeness (QED) is 0.781. The molecule has 26 heavy (non-hydrogen) atoms. The second kappa shape index (κ2) is 7.97. The Morgan fingerprint density at radius 2 is 2.08 bits per heavy atom. The zero-order valence-electron chi connectivity index (χ0n) is 13.9. The highest BCUT2D eigenvalue weighted by Crippen LogP contribution is 2.27. The number of halogens is 2. The first-order valence-corrected chi connectivity index (χ1v) is 9.00. The van der Waals surface area contributed by atoms with Crippen molar-refractivity contribution >= 4 is 33.4 Å². The molecular weight excluding hydrogens is 403 g/mol. The van der Waals surface area contributed by atoms with Crippen molar-refractivity contribution in [3.8, 4) is 0 Å². The molecule has 0 spiro atoms. The third-order valence-electron chi connectivity index (χ3n) is 4.32. The Labute approximate surface area is 158 Å². The topological polar surface area (TPSA) is 69.6 Å². The van der Waals surface area contributed by atoms with Crippen LogP contribution in [0, 0.1) is 11.7 Å². The minimum atomic E-state index is -1.01. The van der Waals surface area contributed by atoms with E-state index in [0.717, 1.165) is 10.2 Å². The molecule has 0 radical (unpaired) electrons. The molecule has 2 atom stereocenters. The number of carbonyl (C=O) groups excluding carboxylic acids is 2. The average Bonchev–Trinajstić information content (AvgIpc) is 3.01. The number of rotatable bonds is 5. The van der Waals surface area contributed by atoms with Crippen molar-refractivity contribution in [3.05, 3.63) is 64.4 Å². The summed E-state index contributed by atoms with van der Waals surface area (Å²) < 4.78 is 14.1. The minimum Gasteiger partial charge on any atom is -0.387 e. The number of nitrogens with one attached hydrogen (secondary N) is 1. The van der Waals surface area contributed by atoms with Crippen LogP contribution in [-0.2, 0) is 9.59 Å². The molecule has 136 valence electrons. The summed E-state index contributed by atoms with van der Waals surface area (Å²) in [6, 6.07) is 12.9. The fourth-order valence-electron chi connectivity index (χ4n) is 2.95. The molecule has 1 aliphatic rings. The van der Waals surface area contributed by atoms with Gasteiger partial charge in [0.2, 0.25) is 11.8 Å². The van der Waals surface area contributed by atoms with Gasteiger partial charge in [0.15, 0.2) is 0 Å². The van der Waals surface area contributed by atoms with E-state index in [1.807, 2.05) is 24.3 Å². The van der Waals surface area contributed by atoms with E-state index in [9.17, 15) is 19.1 Å². The summed E-state index contributed by atoms with van der Waals surface area (Å²) in [5, 5.41) is 12.7. The van der Waals surface area contributed by atoms with Gasteiger partial charge in [-0.1, -0.05) is 34.1 Å². The maximum absolute atomic E-state index is 13.2. The largest absolute Gasteiger partial charge is 0.387 e. The Bertz CT molecular complexity index is 830. The summed E-state index contributed by atoms with van der Waals surface area (Å²) in [5.41, 5.74) is 1.13. The van der Waals surface area contributed by atoms with Gasteiger partial charge in [-0.3, -0.25) is 9.59 Å². The van der Waals surface area contributed by atoms with E-state index in [-0.39, 0.29) is 31.3 Å². The molecule has 2 unspecified atom stereocenters. The number of benzene rings is 2. The van der Waals surface area contributed by atoms with E-state index >= 15 is 0 Å². The zero-order valence-corrected chi connectivity index (χ0v) is 15.4. The molecule has 2 aromatic rings. The van der Waals surface area contributed by atoms with E-state index in [0.29, 0.717) is 5.56 Å². The molecule has 7 heteroatoms. The van der Waals surface area contributed by atoms with Crippen LogP contribution in [0.15, 0.2) is 53.0 Å². The van der Waals surface area contributed by atoms with E-state index in [1.165, 1.54) is 18.2 Å². The van der Waals surface area contributed by atoms with Gasteiger partial charge in [-0.2, -0.15) is 0 Å². The van der Waals surface area contributed by atoms with Crippen molar-refractivity contribution < 1.29 is 19.1 Å². The number of anilines is 1. The van der Waals surface area contributed by atoms with Crippen molar-refractivity contribution in [1.82, 2.24) is 5.32 Å². The van der Waals surface area contributed by atoms with Crippen molar-refractivity contribution in [1.29, 1.82) is 0 Å². The van der Waals surface area contributed by atoms with Gasteiger partial charge in [-0.05, 0) is 35.9 Å². The van der Waals surface area contributed by atoms with E-state index in [4.69, 9.17) is 0 Å². The Morgan fingerprint density at radius 3 is 2.81 bits per heavy atom. The molecular formula is C19H18BrFN2O3. The maximum atomic E-state index is 13.2. The van der Waals surface area contributed by atoms with Crippen LogP contribution >= 0.6 is 15.9 Å². The molecule has 1 fully saturated rings. The highest BCUT2D eigenvalue weighted by molar-refractivity contribution is 9.10. The van der Waals surface area contributed by atoms with E-state index in [2.05, 4.69) is 21.2 Å². The second-order valence-electron chi connectivity index (χ2n) is 6.20. The van der Waals surface area contributed by atoms with Gasteiger partial charge in [0.25, 0.3) is 0 Å². The fraction of sp³-hybridized carbons (Fsp3) is 0.263. The summed E-state index contributed by atoms with van der Waals surface area (Å²) in [6.45, 7) is 0.251. The van der Waals surface area contributed by atoms with Crippen LogP contribution in [0.4, 0.5) is 10.1 Å². The number of aliphatic hydroxyl groups excluding tert-OH is 1. The maximum Gasteiger partial charge on any atom is 0.227 e. The molecule has 0 aliphatic carbocycles. The molecule has 2 N–H and O–H groups in total. The highest BCUT2D eigenvalue weighted by Gasteiger charge is 2.35. The van der Waals surface area contributed by atoms with Crippen LogP contribution in [0.3, 0.4) is 0 Å². The Morgan fingerprint density at radius 1 is 1.31 bits per heavy atom. The lowest BCUT2D eigenvalue weighted by atomic mass is 10.1. The summed E-state index contributed by atoms with van der Waals surface area (Å²) in [4.78, 5) is 26.2. The van der Waals surface area contributed by atoms with Crippen LogP contribution in [0.5, 0.6) is 0 Å². The fourth-order valence-corrected chi connectivity index (χ4v) is 3.34. The lowest BCUT2D eigenvalue weighted by molar-refractivity contribution is -0.126. The van der Waals surface area contributed by atoms with Gasteiger partial charge in [0.05, 0.1) is 12.0 Å². The summed E-state index contributed by atoms with van der Waals surface area (Å²) >= 11 is 3.37. The van der Waals surface area contributed by atoms with Crippen LogP contribution in [0.25, 0.3) is 0 Å². The predicted molar refractivity (Wildman–Crippen MR) is 99.0 cm³/mol. The number of hydrogen-bond donors (Lipinski definition) is 2. The van der Waals surface area contributed by atoms with Gasteiger partial charge in [0, 0.05) is 29.7 Å². The number of hydrogen-bond acceptors (Lipinski definition) is 3. The summed E-state index contributed by atoms with van der Waals surface area (Å²) in [5.74, 6) is -1.35. The molecule has 1 heterocycles. The van der Waals surface area contributed by atoms with Crippen molar-refractivity contribution in [2.75, 3.05) is 18.0 Å². The highest BCUT2D eigenvalue weighted by atomic mass is 79.9. The van der Waals surface area contributed by atoms with E-state index < -0.39 is 17.8 Å². The van der Waals surface area contributed by atoms with Gasteiger partial charge < -0.3 is 15.3 Å². The van der Waals surface area contributed by atoms with Gasteiger partial charge in [-0.15, -0.1) is 0 Å². The van der Waals surface area contributed by atoms with E-state index in [1.54, 1.807) is 11.0 Å². The smallest absolute Gasteiger partial charge is 0.227 e. The zero-order chi connectivity index (χ0) is 18.7. The van der Waals surface area contributed by atoms with Gasteiger partial charge in [0.1, 0.15) is 5.82 Å². The minimum absolute atomic E-state index is 0.0378. The number of aliphatic hydroxyl groups is 1. The predicted octanol–water partition coefficient (Wildman–Crippen LogP) is 2.79. The molecule has 1 aliphatic heterocycles. The van der Waals surface area contributed by atoms with Crippen LogP contribution in [0.2, 0.25) is 0 Å². The third-order valence-corrected chi connectivity index (χ3v) is 4.81. The molecule has 0 aromatic heterocycles. The lowest BCUT2D eigenvalue weighted by Gasteiger charge is -2.17. The van der Waals surface area contributed by atoms with Gasteiger partial charge >= 0.3 is 0 Å². The Balaban J connectivity index is 1.58. The van der Waals surface area contributed by atoms with Crippen molar-refractivity contribution in [2.45, 2.75) is 12.5 Å². The SMILES string of the molecule is O=C(NCC(O)c1cccc(F)c1)C1CC(=O)N(c2cccc(Br)c2)C1.